The van der Waals surface area contributed by atoms with E-state index in [9.17, 15) is 4.79 Å². The van der Waals surface area contributed by atoms with Crippen LogP contribution in [-0.2, 0) is 9.53 Å². The third kappa shape index (κ3) is 4.32. The molecule has 0 rings (SSSR count). The molecule has 0 fully saturated rings. The summed E-state index contributed by atoms with van der Waals surface area (Å²) in [4.78, 5) is 10.9. The quantitative estimate of drug-likeness (QED) is 0.485. The third-order valence-electron chi connectivity index (χ3n) is 2.10. The van der Waals surface area contributed by atoms with E-state index in [2.05, 4.69) is 0 Å². The van der Waals surface area contributed by atoms with Crippen molar-refractivity contribution in [3.05, 3.63) is 0 Å². The van der Waals surface area contributed by atoms with Crippen LogP contribution in [0, 0.1) is 0 Å². The average molecular weight is 221 g/mol. The van der Waals surface area contributed by atoms with Crippen molar-refractivity contribution < 1.29 is 9.53 Å². The normalized spacial score (nSPS) is 11.4. The summed E-state index contributed by atoms with van der Waals surface area (Å²) in [6.45, 7) is 6.50. The van der Waals surface area contributed by atoms with Crippen LogP contribution < -0.4 is 0 Å². The van der Waals surface area contributed by atoms with Crippen LogP contribution in [0.5, 0.6) is 0 Å². The van der Waals surface area contributed by atoms with Crippen molar-refractivity contribution in [1.82, 2.24) is 0 Å². The number of hydrogen-bond donors (Lipinski definition) is 0. The number of rotatable bonds is 7. The number of carbonyl (C=O) groups is 1. The maximum Gasteiger partial charge on any atom is 0.327 e. The maximum atomic E-state index is 11.6. The van der Waals surface area contributed by atoms with Gasteiger partial charge in [0, 0.05) is 0 Å². The Kier molecular flexibility index (Phi) is 6.98. The van der Waals surface area contributed by atoms with E-state index >= 15 is 0 Å². The van der Waals surface area contributed by atoms with Gasteiger partial charge in [-0.3, -0.25) is 4.79 Å². The van der Waals surface area contributed by atoms with Crippen LogP contribution in [0.3, 0.4) is 0 Å². The lowest BCUT2D eigenvalue weighted by atomic mass is 9.97. The lowest BCUT2D eigenvalue weighted by Gasteiger charge is -2.23. The van der Waals surface area contributed by atoms with Gasteiger partial charge in [0.25, 0.3) is 0 Å². The summed E-state index contributed by atoms with van der Waals surface area (Å²) in [5.74, 6) is -0.246. The lowest BCUT2D eigenvalue weighted by molar-refractivity contribution is -0.147. The molecule has 2 nitrogen and oxygen atoms in total. The van der Waals surface area contributed by atoms with Crippen LogP contribution >= 0.6 is 11.6 Å². The van der Waals surface area contributed by atoms with Gasteiger partial charge >= 0.3 is 5.97 Å². The van der Waals surface area contributed by atoms with Crippen LogP contribution in [-0.4, -0.2) is 17.5 Å². The molecule has 0 aliphatic carbocycles. The summed E-state index contributed by atoms with van der Waals surface area (Å²) < 4.78 is 5.09. The number of alkyl halides is 1. The van der Waals surface area contributed by atoms with Crippen molar-refractivity contribution >= 4 is 17.6 Å². The van der Waals surface area contributed by atoms with Gasteiger partial charge in [-0.2, -0.15) is 0 Å². The van der Waals surface area contributed by atoms with Crippen molar-refractivity contribution in [1.29, 1.82) is 0 Å². The molecular formula is C11H21ClO2. The molecule has 0 saturated carbocycles. The van der Waals surface area contributed by atoms with Crippen LogP contribution in [0.4, 0.5) is 0 Å². The fraction of sp³-hybridized carbons (Fsp3) is 0.909. The molecule has 0 N–H and O–H groups in total. The van der Waals surface area contributed by atoms with E-state index in [0.29, 0.717) is 19.4 Å². The highest BCUT2D eigenvalue weighted by molar-refractivity contribution is 6.34. The van der Waals surface area contributed by atoms with Crippen molar-refractivity contribution in [3.8, 4) is 0 Å². The molecule has 0 aliphatic heterocycles. The molecule has 0 bridgehead atoms. The Bertz CT molecular complexity index is 163. The minimum atomic E-state index is -0.779. The van der Waals surface area contributed by atoms with Gasteiger partial charge in [-0.1, -0.05) is 33.6 Å². The van der Waals surface area contributed by atoms with E-state index in [1.54, 1.807) is 0 Å². The van der Waals surface area contributed by atoms with Gasteiger partial charge < -0.3 is 4.74 Å². The first-order valence-electron chi connectivity index (χ1n) is 5.46. The van der Waals surface area contributed by atoms with Gasteiger partial charge in [0.2, 0.25) is 0 Å². The number of hydrogen-bond acceptors (Lipinski definition) is 2. The minimum Gasteiger partial charge on any atom is -0.464 e. The Labute approximate surface area is 92.0 Å². The number of halogens is 1. The number of ether oxygens (including phenoxy) is 1. The average Bonchev–Trinajstić information content (AvgIpc) is 2.15. The fourth-order valence-electron chi connectivity index (χ4n) is 1.45. The molecule has 0 saturated heterocycles. The van der Waals surface area contributed by atoms with Crippen LogP contribution in [0.1, 0.15) is 52.9 Å². The topological polar surface area (TPSA) is 26.3 Å². The van der Waals surface area contributed by atoms with Crippen LogP contribution in [0.15, 0.2) is 0 Å². The summed E-state index contributed by atoms with van der Waals surface area (Å²) in [6, 6.07) is 0. The first-order valence-corrected chi connectivity index (χ1v) is 5.84. The summed E-state index contributed by atoms with van der Waals surface area (Å²) in [5, 5.41) is 0. The second-order valence-corrected chi connectivity index (χ2v) is 4.32. The minimum absolute atomic E-state index is 0.246. The van der Waals surface area contributed by atoms with Gasteiger partial charge in [-0.05, 0) is 19.3 Å². The van der Waals surface area contributed by atoms with Gasteiger partial charge in [0.1, 0.15) is 4.87 Å². The molecule has 0 spiro atoms. The number of esters is 1. The smallest absolute Gasteiger partial charge is 0.327 e. The molecule has 0 aromatic heterocycles. The predicted octanol–water partition coefficient (Wildman–Crippen LogP) is 3.52. The second-order valence-electron chi connectivity index (χ2n) is 3.60. The highest BCUT2D eigenvalue weighted by atomic mass is 35.5. The summed E-state index contributed by atoms with van der Waals surface area (Å²) in [7, 11) is 0. The molecule has 0 aromatic rings. The predicted molar refractivity (Wildman–Crippen MR) is 59.7 cm³/mol. The molecule has 0 radical (unpaired) electrons. The zero-order valence-electron chi connectivity index (χ0n) is 9.44. The Balaban J connectivity index is 4.23. The molecule has 0 aromatic carbocycles. The van der Waals surface area contributed by atoms with Crippen molar-refractivity contribution in [2.75, 3.05) is 6.61 Å². The zero-order chi connectivity index (χ0) is 11.0. The van der Waals surface area contributed by atoms with E-state index in [0.717, 1.165) is 19.3 Å². The highest BCUT2D eigenvalue weighted by Gasteiger charge is 2.35. The zero-order valence-corrected chi connectivity index (χ0v) is 10.2. The van der Waals surface area contributed by atoms with E-state index < -0.39 is 4.87 Å². The van der Waals surface area contributed by atoms with Crippen LogP contribution in [0.2, 0.25) is 0 Å². The number of carbonyl (C=O) groups excluding carboxylic acids is 1. The summed E-state index contributed by atoms with van der Waals surface area (Å²) in [5.41, 5.74) is 0. The lowest BCUT2D eigenvalue weighted by Crippen LogP contribution is -2.34. The first-order chi connectivity index (χ1) is 6.60. The Hall–Kier alpha value is -0.240. The molecule has 0 aliphatic rings. The van der Waals surface area contributed by atoms with E-state index in [1.807, 2.05) is 20.8 Å². The van der Waals surface area contributed by atoms with Crippen molar-refractivity contribution in [2.45, 2.75) is 57.7 Å². The molecular weight excluding hydrogens is 200 g/mol. The molecule has 0 atom stereocenters. The Morgan fingerprint density at radius 1 is 1.14 bits per heavy atom. The maximum absolute atomic E-state index is 11.6. The Morgan fingerprint density at radius 3 is 2.00 bits per heavy atom. The Morgan fingerprint density at radius 2 is 1.64 bits per heavy atom. The molecule has 0 unspecified atom stereocenters. The van der Waals surface area contributed by atoms with Gasteiger partial charge in [-0.15, -0.1) is 11.6 Å². The molecule has 0 amide bonds. The summed E-state index contributed by atoms with van der Waals surface area (Å²) >= 11 is 6.25. The van der Waals surface area contributed by atoms with Gasteiger partial charge in [0.05, 0.1) is 6.61 Å². The molecule has 84 valence electrons. The second kappa shape index (κ2) is 7.10. The molecule has 0 heterocycles. The summed E-state index contributed by atoms with van der Waals surface area (Å²) in [6.07, 6.45) is 4.06. The van der Waals surface area contributed by atoms with Crippen LogP contribution in [0.25, 0.3) is 0 Å². The van der Waals surface area contributed by atoms with Gasteiger partial charge in [0.15, 0.2) is 0 Å². The van der Waals surface area contributed by atoms with E-state index in [1.165, 1.54) is 0 Å². The first kappa shape index (κ1) is 13.8. The van der Waals surface area contributed by atoms with Crippen molar-refractivity contribution in [3.63, 3.8) is 0 Å². The van der Waals surface area contributed by atoms with E-state index in [-0.39, 0.29) is 5.97 Å². The third-order valence-corrected chi connectivity index (χ3v) is 2.63. The van der Waals surface area contributed by atoms with Crippen molar-refractivity contribution in [2.24, 2.45) is 0 Å². The molecule has 14 heavy (non-hydrogen) atoms. The standard InChI is InChI=1S/C11H21ClO2/c1-4-7-11(12,8-5-2)10(13)14-9-6-3/h4-9H2,1-3H3. The molecule has 3 heteroatoms. The largest absolute Gasteiger partial charge is 0.464 e. The fourth-order valence-corrected chi connectivity index (χ4v) is 1.88. The van der Waals surface area contributed by atoms with E-state index in [4.69, 9.17) is 16.3 Å². The highest BCUT2D eigenvalue weighted by Crippen LogP contribution is 2.29. The SMILES string of the molecule is CCCOC(=O)C(Cl)(CCC)CCC. The monoisotopic (exact) mass is 220 g/mol. The van der Waals surface area contributed by atoms with Gasteiger partial charge in [-0.25, -0.2) is 0 Å².